The first-order chi connectivity index (χ1) is 8.70. The van der Waals surface area contributed by atoms with Crippen LogP contribution in [0.5, 0.6) is 5.88 Å². The molecule has 0 radical (unpaired) electrons. The third kappa shape index (κ3) is 2.73. The van der Waals surface area contributed by atoms with E-state index in [4.69, 9.17) is 10.6 Å². The number of nitrogens with zero attached hydrogens (tertiary/aromatic N) is 2. The monoisotopic (exact) mass is 266 g/mol. The maximum atomic E-state index is 10.8. The molecule has 0 aromatic carbocycles. The minimum atomic E-state index is -0.545. The summed E-state index contributed by atoms with van der Waals surface area (Å²) < 4.78 is 5.35. The van der Waals surface area contributed by atoms with Crippen LogP contribution < -0.4 is 16.0 Å². The van der Waals surface area contributed by atoms with E-state index < -0.39 is 4.92 Å². The van der Waals surface area contributed by atoms with E-state index in [1.54, 1.807) is 0 Å². The van der Waals surface area contributed by atoms with Crippen LogP contribution in [0, 0.1) is 10.1 Å². The van der Waals surface area contributed by atoms with Gasteiger partial charge in [0, 0.05) is 10.9 Å². The first kappa shape index (κ1) is 12.3. The molecular formula is C10H10N4O3S. The molecule has 94 valence electrons. The van der Waals surface area contributed by atoms with Crippen LogP contribution in [0.25, 0.3) is 0 Å². The molecule has 0 aliphatic carbocycles. The standard InChI is InChI=1S/C10H10N4O3S/c11-13-9-4-3-8(14(15)16)10(12-9)17-6-7-2-1-5-18-7/h1-5H,6,11H2,(H,12,13). The van der Waals surface area contributed by atoms with E-state index in [0.29, 0.717) is 5.82 Å². The third-order valence-corrected chi connectivity index (χ3v) is 2.97. The molecule has 0 amide bonds. The number of nitro groups is 1. The molecule has 2 aromatic heterocycles. The molecule has 0 atom stereocenters. The van der Waals surface area contributed by atoms with Crippen molar-refractivity contribution >= 4 is 22.8 Å². The van der Waals surface area contributed by atoms with Crippen molar-refractivity contribution in [2.75, 3.05) is 5.43 Å². The van der Waals surface area contributed by atoms with Crippen LogP contribution in [0.1, 0.15) is 4.88 Å². The molecule has 2 heterocycles. The molecule has 0 aliphatic heterocycles. The molecule has 0 unspecified atom stereocenters. The van der Waals surface area contributed by atoms with Gasteiger partial charge in [-0.2, -0.15) is 4.98 Å². The average molecular weight is 266 g/mol. The van der Waals surface area contributed by atoms with Crippen molar-refractivity contribution in [1.82, 2.24) is 4.98 Å². The normalized spacial score (nSPS) is 10.1. The fourth-order valence-electron chi connectivity index (χ4n) is 1.29. The third-order valence-electron chi connectivity index (χ3n) is 2.12. The predicted molar refractivity (Wildman–Crippen MR) is 67.4 cm³/mol. The van der Waals surface area contributed by atoms with Gasteiger partial charge in [-0.05, 0) is 17.5 Å². The maximum Gasteiger partial charge on any atom is 0.331 e. The van der Waals surface area contributed by atoms with Crippen molar-refractivity contribution in [3.05, 3.63) is 44.6 Å². The molecule has 0 bridgehead atoms. The molecule has 0 saturated heterocycles. The first-order valence-corrected chi connectivity index (χ1v) is 5.86. The van der Waals surface area contributed by atoms with E-state index in [9.17, 15) is 10.1 Å². The number of ether oxygens (including phenoxy) is 1. The van der Waals surface area contributed by atoms with Gasteiger partial charge in [0.1, 0.15) is 12.4 Å². The minimum Gasteiger partial charge on any atom is -0.467 e. The van der Waals surface area contributed by atoms with Crippen LogP contribution >= 0.6 is 11.3 Å². The lowest BCUT2D eigenvalue weighted by Gasteiger charge is -2.06. The Labute approximate surface area is 106 Å². The van der Waals surface area contributed by atoms with Crippen LogP contribution in [0.2, 0.25) is 0 Å². The minimum absolute atomic E-state index is 0.0520. The Morgan fingerprint density at radius 1 is 1.50 bits per heavy atom. The second-order valence-electron chi connectivity index (χ2n) is 3.29. The van der Waals surface area contributed by atoms with Gasteiger partial charge in [-0.15, -0.1) is 11.3 Å². The van der Waals surface area contributed by atoms with Gasteiger partial charge in [0.15, 0.2) is 0 Å². The number of nitrogens with two attached hydrogens (primary N) is 1. The zero-order valence-electron chi connectivity index (χ0n) is 9.20. The van der Waals surface area contributed by atoms with Crippen molar-refractivity contribution in [3.63, 3.8) is 0 Å². The zero-order valence-corrected chi connectivity index (χ0v) is 10.0. The molecule has 18 heavy (non-hydrogen) atoms. The number of nitrogens with one attached hydrogen (secondary N) is 1. The number of hydrogen-bond acceptors (Lipinski definition) is 7. The summed E-state index contributed by atoms with van der Waals surface area (Å²) in [6.45, 7) is 0.236. The van der Waals surface area contributed by atoms with Gasteiger partial charge in [0.2, 0.25) is 0 Å². The fraction of sp³-hybridized carbons (Fsp3) is 0.100. The Bertz CT molecular complexity index is 544. The summed E-state index contributed by atoms with van der Waals surface area (Å²) in [5.41, 5.74) is 2.13. The zero-order chi connectivity index (χ0) is 13.0. The van der Waals surface area contributed by atoms with Gasteiger partial charge in [0.25, 0.3) is 5.88 Å². The van der Waals surface area contributed by atoms with E-state index in [2.05, 4.69) is 10.4 Å². The number of hydrogen-bond donors (Lipinski definition) is 2. The Hall–Kier alpha value is -2.19. The summed E-state index contributed by atoms with van der Waals surface area (Å²) in [6, 6.07) is 6.46. The first-order valence-electron chi connectivity index (χ1n) is 4.98. The number of rotatable bonds is 5. The van der Waals surface area contributed by atoms with Gasteiger partial charge >= 0.3 is 5.69 Å². The summed E-state index contributed by atoms with van der Waals surface area (Å²) in [5.74, 6) is 5.45. The number of pyridine rings is 1. The number of nitrogen functional groups attached to an aromatic ring is 1. The second kappa shape index (κ2) is 5.43. The summed E-state index contributed by atoms with van der Waals surface area (Å²) in [6.07, 6.45) is 0. The van der Waals surface area contributed by atoms with Gasteiger partial charge < -0.3 is 10.2 Å². The van der Waals surface area contributed by atoms with Gasteiger partial charge in [-0.25, -0.2) is 5.84 Å². The van der Waals surface area contributed by atoms with E-state index in [0.717, 1.165) is 4.88 Å². The summed E-state index contributed by atoms with van der Waals surface area (Å²) in [4.78, 5) is 15.1. The molecule has 0 saturated carbocycles. The molecule has 3 N–H and O–H groups in total. The summed E-state index contributed by atoms with van der Waals surface area (Å²) in [7, 11) is 0. The Balaban J connectivity index is 2.20. The lowest BCUT2D eigenvalue weighted by Crippen LogP contribution is -2.10. The molecule has 0 spiro atoms. The van der Waals surface area contributed by atoms with E-state index in [1.807, 2.05) is 17.5 Å². The second-order valence-corrected chi connectivity index (χ2v) is 4.32. The number of anilines is 1. The van der Waals surface area contributed by atoms with Gasteiger partial charge in [0.05, 0.1) is 4.92 Å². The Morgan fingerprint density at radius 2 is 2.33 bits per heavy atom. The molecule has 0 fully saturated rings. The van der Waals surface area contributed by atoms with E-state index >= 15 is 0 Å². The molecule has 0 aliphatic rings. The van der Waals surface area contributed by atoms with E-state index in [1.165, 1.54) is 23.5 Å². The summed E-state index contributed by atoms with van der Waals surface area (Å²) in [5, 5.41) is 12.7. The van der Waals surface area contributed by atoms with Crippen molar-refractivity contribution < 1.29 is 9.66 Å². The van der Waals surface area contributed by atoms with Gasteiger partial charge in [-0.3, -0.25) is 10.1 Å². The lowest BCUT2D eigenvalue weighted by molar-refractivity contribution is -0.386. The van der Waals surface area contributed by atoms with Crippen LogP contribution in [0.3, 0.4) is 0 Å². The summed E-state index contributed by atoms with van der Waals surface area (Å²) >= 11 is 1.50. The highest BCUT2D eigenvalue weighted by molar-refractivity contribution is 7.09. The SMILES string of the molecule is NNc1ccc([N+](=O)[O-])c(OCc2cccs2)n1. The predicted octanol–water partition coefficient (Wildman–Crippen LogP) is 1.92. The Kier molecular flexibility index (Phi) is 3.70. The maximum absolute atomic E-state index is 10.8. The van der Waals surface area contributed by atoms with Crippen LogP contribution in [-0.4, -0.2) is 9.91 Å². The fourth-order valence-corrected chi connectivity index (χ4v) is 1.91. The number of hydrazine groups is 1. The average Bonchev–Trinajstić information content (AvgIpc) is 2.88. The smallest absolute Gasteiger partial charge is 0.331 e. The van der Waals surface area contributed by atoms with Crippen molar-refractivity contribution in [2.45, 2.75) is 6.61 Å². The van der Waals surface area contributed by atoms with Crippen molar-refractivity contribution in [3.8, 4) is 5.88 Å². The lowest BCUT2D eigenvalue weighted by atomic mass is 10.4. The topological polar surface area (TPSA) is 103 Å². The van der Waals surface area contributed by atoms with E-state index in [-0.39, 0.29) is 18.2 Å². The molecule has 7 nitrogen and oxygen atoms in total. The van der Waals surface area contributed by atoms with Crippen LogP contribution in [-0.2, 0) is 6.61 Å². The largest absolute Gasteiger partial charge is 0.467 e. The highest BCUT2D eigenvalue weighted by Crippen LogP contribution is 2.27. The van der Waals surface area contributed by atoms with Crippen molar-refractivity contribution in [1.29, 1.82) is 0 Å². The Morgan fingerprint density at radius 3 is 2.94 bits per heavy atom. The quantitative estimate of drug-likeness (QED) is 0.487. The van der Waals surface area contributed by atoms with Crippen molar-refractivity contribution in [2.24, 2.45) is 5.84 Å². The highest BCUT2D eigenvalue weighted by Gasteiger charge is 2.17. The highest BCUT2D eigenvalue weighted by atomic mass is 32.1. The molecule has 2 aromatic rings. The molecular weight excluding hydrogens is 256 g/mol. The molecule has 2 rings (SSSR count). The number of thiophene rings is 1. The van der Waals surface area contributed by atoms with Crippen LogP contribution in [0.4, 0.5) is 11.5 Å². The van der Waals surface area contributed by atoms with Crippen LogP contribution in [0.15, 0.2) is 29.6 Å². The molecule has 8 heteroatoms. The van der Waals surface area contributed by atoms with Gasteiger partial charge in [-0.1, -0.05) is 6.07 Å². The number of aromatic nitrogens is 1.